The van der Waals surface area contributed by atoms with Crippen LogP contribution in [0.2, 0.25) is 0 Å². The Morgan fingerprint density at radius 2 is 1.79 bits per heavy atom. The number of nitrogens with zero attached hydrogens (tertiary/aromatic N) is 1. The molecule has 1 amide bonds. The lowest BCUT2D eigenvalue weighted by molar-refractivity contribution is 0.0697. The zero-order valence-corrected chi connectivity index (χ0v) is 20.8. The van der Waals surface area contributed by atoms with Crippen molar-refractivity contribution in [3.63, 3.8) is 0 Å². The van der Waals surface area contributed by atoms with Crippen LogP contribution in [0.15, 0.2) is 56.5 Å². The van der Waals surface area contributed by atoms with Crippen molar-refractivity contribution >= 4 is 34.6 Å². The molecule has 1 aliphatic heterocycles. The summed E-state index contributed by atoms with van der Waals surface area (Å²) >= 11 is 0. The standard InChI is InChI=1S/C28H24FN3O6/c1-4-18(20-10-6-14(3)38-20)30-23-24(26(34)25(23)33)31-22-17(29)9-7-15-12-32(27(35)21(15)22)19-11-13(2)5-8-16(19)28(36)37/h5-11,18,30-31H,4,12H2,1-3H3,(H,36,37). The van der Waals surface area contributed by atoms with E-state index in [1.165, 1.54) is 17.0 Å². The highest BCUT2D eigenvalue weighted by molar-refractivity contribution is 6.16. The number of furan rings is 1. The van der Waals surface area contributed by atoms with E-state index in [9.17, 15) is 24.3 Å². The lowest BCUT2D eigenvalue weighted by atomic mass is 10.1. The van der Waals surface area contributed by atoms with Gasteiger partial charge in [0.1, 0.15) is 28.7 Å². The average Bonchev–Trinajstić information content (AvgIpc) is 3.47. The molecule has 3 N–H and O–H groups in total. The lowest BCUT2D eigenvalue weighted by Crippen LogP contribution is -2.37. The minimum atomic E-state index is -1.20. The number of anilines is 4. The fraction of sp³-hybridized carbons (Fsp3) is 0.214. The van der Waals surface area contributed by atoms with Gasteiger partial charge >= 0.3 is 5.97 Å². The molecule has 1 unspecified atom stereocenters. The number of carbonyl (C=O) groups is 2. The molecule has 3 aromatic carbocycles. The Morgan fingerprint density at radius 1 is 1.05 bits per heavy atom. The molecule has 0 aliphatic carbocycles. The third-order valence-corrected chi connectivity index (χ3v) is 6.69. The molecule has 194 valence electrons. The number of benzene rings is 2. The number of rotatable bonds is 8. The van der Waals surface area contributed by atoms with Gasteiger partial charge in [-0.25, -0.2) is 9.18 Å². The zero-order valence-electron chi connectivity index (χ0n) is 20.8. The van der Waals surface area contributed by atoms with Gasteiger partial charge in [-0.1, -0.05) is 19.1 Å². The van der Waals surface area contributed by atoms with Crippen molar-refractivity contribution in [2.45, 2.75) is 39.8 Å². The smallest absolute Gasteiger partial charge is 0.337 e. The number of hydrogen-bond acceptors (Lipinski definition) is 7. The van der Waals surface area contributed by atoms with Gasteiger partial charge < -0.3 is 25.1 Å². The summed E-state index contributed by atoms with van der Waals surface area (Å²) in [5.41, 5.74) is -0.769. The first kappa shape index (κ1) is 24.9. The Balaban J connectivity index is 1.51. The average molecular weight is 518 g/mol. The Kier molecular flexibility index (Phi) is 6.10. The van der Waals surface area contributed by atoms with Crippen LogP contribution < -0.4 is 26.4 Å². The lowest BCUT2D eigenvalue weighted by Gasteiger charge is -2.21. The van der Waals surface area contributed by atoms with Gasteiger partial charge in [0.2, 0.25) is 0 Å². The molecule has 0 spiro atoms. The molecule has 9 nitrogen and oxygen atoms in total. The second-order valence-electron chi connectivity index (χ2n) is 9.26. The highest BCUT2D eigenvalue weighted by Gasteiger charge is 2.36. The van der Waals surface area contributed by atoms with Crippen LogP contribution in [-0.4, -0.2) is 17.0 Å². The van der Waals surface area contributed by atoms with Crippen LogP contribution in [-0.2, 0) is 6.54 Å². The van der Waals surface area contributed by atoms with Crippen LogP contribution in [0.4, 0.5) is 27.1 Å². The maximum Gasteiger partial charge on any atom is 0.337 e. The molecule has 0 saturated heterocycles. The Labute approximate surface area is 216 Å². The van der Waals surface area contributed by atoms with Gasteiger partial charge in [-0.15, -0.1) is 0 Å². The molecular weight excluding hydrogens is 493 g/mol. The SMILES string of the molecule is CCC(Nc1c(Nc2c(F)ccc3c2C(=O)N(c2cc(C)ccc2C(=O)O)C3)c(=O)c1=O)c1ccc(C)o1. The van der Waals surface area contributed by atoms with Gasteiger partial charge in [0, 0.05) is 0 Å². The van der Waals surface area contributed by atoms with Crippen molar-refractivity contribution in [1.82, 2.24) is 0 Å². The van der Waals surface area contributed by atoms with E-state index in [1.807, 2.05) is 6.92 Å². The molecule has 0 saturated carbocycles. The molecule has 5 rings (SSSR count). The van der Waals surface area contributed by atoms with Crippen molar-refractivity contribution in [1.29, 1.82) is 0 Å². The summed E-state index contributed by atoms with van der Waals surface area (Å²) in [7, 11) is 0. The third kappa shape index (κ3) is 4.03. The highest BCUT2D eigenvalue weighted by atomic mass is 19.1. The molecule has 2 heterocycles. The maximum atomic E-state index is 15.1. The Morgan fingerprint density at radius 3 is 2.45 bits per heavy atom. The maximum absolute atomic E-state index is 15.1. The number of aryl methyl sites for hydroxylation is 2. The van der Waals surface area contributed by atoms with E-state index in [0.717, 1.165) is 11.6 Å². The van der Waals surface area contributed by atoms with Crippen molar-refractivity contribution in [2.24, 2.45) is 0 Å². The van der Waals surface area contributed by atoms with E-state index < -0.39 is 34.6 Å². The minimum Gasteiger partial charge on any atom is -0.478 e. The number of hydrogen-bond donors (Lipinski definition) is 3. The monoisotopic (exact) mass is 517 g/mol. The fourth-order valence-corrected chi connectivity index (χ4v) is 4.70. The number of carboxylic acids is 1. The third-order valence-electron chi connectivity index (χ3n) is 6.69. The summed E-state index contributed by atoms with van der Waals surface area (Å²) in [5.74, 6) is -1.36. The summed E-state index contributed by atoms with van der Waals surface area (Å²) in [4.78, 5) is 51.5. The van der Waals surface area contributed by atoms with Crippen molar-refractivity contribution in [3.8, 4) is 0 Å². The van der Waals surface area contributed by atoms with Gasteiger partial charge in [-0.3, -0.25) is 14.4 Å². The van der Waals surface area contributed by atoms with Crippen molar-refractivity contribution < 1.29 is 23.5 Å². The highest BCUT2D eigenvalue weighted by Crippen LogP contribution is 2.38. The summed E-state index contributed by atoms with van der Waals surface area (Å²) in [6.07, 6.45) is 0.538. The number of amides is 1. The summed E-state index contributed by atoms with van der Waals surface area (Å²) in [6, 6.07) is 10.4. The molecule has 4 aromatic rings. The predicted octanol–water partition coefficient (Wildman–Crippen LogP) is 4.80. The number of carboxylic acid groups (broad SMARTS) is 1. The number of aromatic carboxylic acids is 1. The summed E-state index contributed by atoms with van der Waals surface area (Å²) < 4.78 is 20.8. The zero-order chi connectivity index (χ0) is 27.3. The second kappa shape index (κ2) is 9.29. The van der Waals surface area contributed by atoms with E-state index in [2.05, 4.69) is 10.6 Å². The number of halogens is 1. The summed E-state index contributed by atoms with van der Waals surface area (Å²) in [5, 5.41) is 15.3. The number of carbonyl (C=O) groups excluding carboxylic acids is 1. The minimum absolute atomic E-state index is 0.0135. The molecule has 38 heavy (non-hydrogen) atoms. The van der Waals surface area contributed by atoms with Crippen LogP contribution in [0.1, 0.15) is 62.7 Å². The number of nitrogens with one attached hydrogen (secondary N) is 2. The van der Waals surface area contributed by atoms with Crippen LogP contribution in [0.25, 0.3) is 0 Å². The fourth-order valence-electron chi connectivity index (χ4n) is 4.70. The van der Waals surface area contributed by atoms with Gasteiger partial charge in [-0.05, 0) is 61.7 Å². The topological polar surface area (TPSA) is 129 Å². The van der Waals surface area contributed by atoms with Crippen LogP contribution >= 0.6 is 0 Å². The Bertz CT molecular complexity index is 1680. The van der Waals surface area contributed by atoms with Gasteiger partial charge in [-0.2, -0.15) is 0 Å². The normalized spacial score (nSPS) is 13.6. The molecule has 0 bridgehead atoms. The first-order valence-electron chi connectivity index (χ1n) is 12.0. The van der Waals surface area contributed by atoms with E-state index in [1.54, 1.807) is 38.1 Å². The molecule has 1 aliphatic rings. The van der Waals surface area contributed by atoms with Crippen molar-refractivity contribution in [2.75, 3.05) is 15.5 Å². The molecule has 1 aromatic heterocycles. The number of fused-ring (bicyclic) bond motifs is 1. The quantitative estimate of drug-likeness (QED) is 0.285. The van der Waals surface area contributed by atoms with Crippen LogP contribution in [0.3, 0.4) is 0 Å². The Hall–Kier alpha value is -4.73. The van der Waals surface area contributed by atoms with E-state index in [0.29, 0.717) is 23.5 Å². The van der Waals surface area contributed by atoms with Crippen LogP contribution in [0.5, 0.6) is 0 Å². The first-order chi connectivity index (χ1) is 18.1. The van der Waals surface area contributed by atoms with Crippen molar-refractivity contribution in [3.05, 3.63) is 103 Å². The van der Waals surface area contributed by atoms with Crippen LogP contribution in [0, 0.1) is 19.7 Å². The molecular formula is C28H24FN3O6. The largest absolute Gasteiger partial charge is 0.478 e. The predicted molar refractivity (Wildman–Crippen MR) is 140 cm³/mol. The van der Waals surface area contributed by atoms with E-state index >= 15 is 4.39 Å². The summed E-state index contributed by atoms with van der Waals surface area (Å²) in [6.45, 7) is 5.44. The molecule has 0 radical (unpaired) electrons. The van der Waals surface area contributed by atoms with E-state index in [-0.39, 0.29) is 40.4 Å². The second-order valence-corrected chi connectivity index (χ2v) is 9.26. The van der Waals surface area contributed by atoms with E-state index in [4.69, 9.17) is 4.42 Å². The molecule has 10 heteroatoms. The molecule has 1 atom stereocenters. The van der Waals surface area contributed by atoms with Gasteiger partial charge in [0.25, 0.3) is 16.8 Å². The van der Waals surface area contributed by atoms with Gasteiger partial charge in [0.05, 0.1) is 35.1 Å². The molecule has 0 fully saturated rings. The van der Waals surface area contributed by atoms with Gasteiger partial charge in [0.15, 0.2) is 0 Å². The first-order valence-corrected chi connectivity index (χ1v) is 12.0.